The number of esters is 1. The number of likely N-dealkylation sites (tertiary alicyclic amines) is 1. The van der Waals surface area contributed by atoms with E-state index in [9.17, 15) is 4.79 Å². The molecule has 2 atom stereocenters. The van der Waals surface area contributed by atoms with E-state index in [4.69, 9.17) is 9.47 Å². The zero-order chi connectivity index (χ0) is 16.7. The van der Waals surface area contributed by atoms with Gasteiger partial charge >= 0.3 is 5.97 Å². The summed E-state index contributed by atoms with van der Waals surface area (Å²) in [6, 6.07) is 10.4. The normalized spacial score (nSPS) is 26.8. The average molecular weight is 319 g/mol. The van der Waals surface area contributed by atoms with Gasteiger partial charge in [0.05, 0.1) is 19.1 Å². The Balaban J connectivity index is 0.000000924. The Kier molecular flexibility index (Phi) is 6.60. The number of hydrogen-bond donors (Lipinski definition) is 0. The van der Waals surface area contributed by atoms with E-state index in [-0.39, 0.29) is 17.3 Å². The lowest BCUT2D eigenvalue weighted by Crippen LogP contribution is -2.36. The zero-order valence-corrected chi connectivity index (χ0v) is 14.6. The number of carbonyl (C=O) groups excluding carboxylic acids is 1. The molecule has 128 valence electrons. The Labute approximate surface area is 139 Å². The van der Waals surface area contributed by atoms with Crippen molar-refractivity contribution in [1.82, 2.24) is 4.90 Å². The fraction of sp³-hybridized carbons (Fsp3) is 0.632. The quantitative estimate of drug-likeness (QED) is 0.799. The van der Waals surface area contributed by atoms with Crippen molar-refractivity contribution >= 4 is 5.97 Å². The molecule has 0 N–H and O–H groups in total. The minimum atomic E-state index is -0.0569. The van der Waals surface area contributed by atoms with E-state index in [1.54, 1.807) is 0 Å². The van der Waals surface area contributed by atoms with Gasteiger partial charge in [0.2, 0.25) is 0 Å². The highest BCUT2D eigenvalue weighted by molar-refractivity contribution is 5.74. The Hall–Kier alpha value is -1.39. The first-order valence-corrected chi connectivity index (χ1v) is 8.74. The largest absolute Gasteiger partial charge is 0.466 e. The second-order valence-corrected chi connectivity index (χ2v) is 6.12. The molecule has 2 heterocycles. The maximum absolute atomic E-state index is 12.3. The molecule has 23 heavy (non-hydrogen) atoms. The summed E-state index contributed by atoms with van der Waals surface area (Å²) in [5, 5.41) is 0. The molecule has 3 rings (SSSR count). The predicted octanol–water partition coefficient (Wildman–Crippen LogP) is 3.11. The van der Waals surface area contributed by atoms with Crippen molar-refractivity contribution in [3.8, 4) is 0 Å². The van der Waals surface area contributed by atoms with Crippen LogP contribution in [0.1, 0.15) is 32.8 Å². The van der Waals surface area contributed by atoms with Crippen LogP contribution in [0, 0.1) is 11.3 Å². The van der Waals surface area contributed by atoms with Gasteiger partial charge in [-0.15, -0.1) is 0 Å². The van der Waals surface area contributed by atoms with Crippen molar-refractivity contribution < 1.29 is 14.3 Å². The highest BCUT2D eigenvalue weighted by Gasteiger charge is 2.52. The highest BCUT2D eigenvalue weighted by atomic mass is 16.5. The number of ether oxygens (including phenoxy) is 2. The molecule has 1 spiro atoms. The first kappa shape index (κ1) is 18.0. The summed E-state index contributed by atoms with van der Waals surface area (Å²) in [4.78, 5) is 14.7. The standard InChI is InChI=1S/C17H23NO3.C2H6/c1-2-21-16(19)15-11-18(10-14-6-4-3-5-7-14)12-17(15)8-9-20-13-17;1-2/h3-7,15H,2,8-13H2,1H3;1-2H3. The number of nitrogens with zero attached hydrogens (tertiary/aromatic N) is 1. The summed E-state index contributed by atoms with van der Waals surface area (Å²) < 4.78 is 10.9. The maximum Gasteiger partial charge on any atom is 0.310 e. The van der Waals surface area contributed by atoms with Gasteiger partial charge in [0.1, 0.15) is 0 Å². The van der Waals surface area contributed by atoms with Crippen molar-refractivity contribution in [2.75, 3.05) is 32.9 Å². The number of benzene rings is 1. The third-order valence-corrected chi connectivity index (χ3v) is 4.67. The molecule has 2 unspecified atom stereocenters. The lowest BCUT2D eigenvalue weighted by atomic mass is 9.77. The second kappa shape index (κ2) is 8.46. The van der Waals surface area contributed by atoms with Crippen LogP contribution in [-0.2, 0) is 20.8 Å². The minimum absolute atomic E-state index is 0.0406. The van der Waals surface area contributed by atoms with Crippen LogP contribution >= 0.6 is 0 Å². The van der Waals surface area contributed by atoms with Gasteiger partial charge in [-0.25, -0.2) is 0 Å². The van der Waals surface area contributed by atoms with Crippen LogP contribution in [0.5, 0.6) is 0 Å². The smallest absolute Gasteiger partial charge is 0.310 e. The first-order valence-electron chi connectivity index (χ1n) is 8.74. The molecule has 2 fully saturated rings. The van der Waals surface area contributed by atoms with Crippen molar-refractivity contribution in [3.63, 3.8) is 0 Å². The maximum atomic E-state index is 12.3. The fourth-order valence-electron chi connectivity index (χ4n) is 3.62. The zero-order valence-electron chi connectivity index (χ0n) is 14.6. The van der Waals surface area contributed by atoms with Crippen molar-refractivity contribution in [2.45, 2.75) is 33.7 Å². The molecule has 0 bridgehead atoms. The van der Waals surface area contributed by atoms with Crippen molar-refractivity contribution in [1.29, 1.82) is 0 Å². The van der Waals surface area contributed by atoms with E-state index < -0.39 is 0 Å². The molecule has 4 heteroatoms. The van der Waals surface area contributed by atoms with E-state index in [0.717, 1.165) is 32.7 Å². The SMILES string of the molecule is CC.CCOC(=O)C1CN(Cc2ccccc2)CC12CCOC2. The molecular formula is C19H29NO3. The average Bonchev–Trinajstić information content (AvgIpc) is 3.18. The molecule has 0 saturated carbocycles. The van der Waals surface area contributed by atoms with Crippen LogP contribution in [0.25, 0.3) is 0 Å². The fourth-order valence-corrected chi connectivity index (χ4v) is 3.62. The van der Waals surface area contributed by atoms with Crippen molar-refractivity contribution in [2.24, 2.45) is 11.3 Å². The van der Waals surface area contributed by atoms with Gasteiger partial charge in [-0.1, -0.05) is 44.2 Å². The second-order valence-electron chi connectivity index (χ2n) is 6.12. The summed E-state index contributed by atoms with van der Waals surface area (Å²) in [7, 11) is 0. The van der Waals surface area contributed by atoms with E-state index in [1.165, 1.54) is 5.56 Å². The first-order chi connectivity index (χ1) is 11.2. The number of hydrogen-bond acceptors (Lipinski definition) is 4. The molecule has 1 aromatic carbocycles. The van der Waals surface area contributed by atoms with E-state index >= 15 is 0 Å². The van der Waals surface area contributed by atoms with Gasteiger partial charge < -0.3 is 9.47 Å². The molecule has 0 aliphatic carbocycles. The van der Waals surface area contributed by atoms with Gasteiger partial charge in [-0.2, -0.15) is 0 Å². The predicted molar refractivity (Wildman–Crippen MR) is 91.1 cm³/mol. The van der Waals surface area contributed by atoms with Crippen LogP contribution in [0.4, 0.5) is 0 Å². The monoisotopic (exact) mass is 319 g/mol. The van der Waals surface area contributed by atoms with Crippen molar-refractivity contribution in [3.05, 3.63) is 35.9 Å². The number of carbonyl (C=O) groups is 1. The Morgan fingerprint density at radius 3 is 2.70 bits per heavy atom. The highest BCUT2D eigenvalue weighted by Crippen LogP contribution is 2.43. The summed E-state index contributed by atoms with van der Waals surface area (Å²) >= 11 is 0. The molecule has 0 amide bonds. The summed E-state index contributed by atoms with van der Waals surface area (Å²) in [6.45, 7) is 10.3. The molecule has 1 aromatic rings. The van der Waals surface area contributed by atoms with Crippen LogP contribution < -0.4 is 0 Å². The van der Waals surface area contributed by atoms with Gasteiger partial charge in [0.15, 0.2) is 0 Å². The third kappa shape index (κ3) is 4.12. The number of rotatable bonds is 4. The Morgan fingerprint density at radius 1 is 1.35 bits per heavy atom. The van der Waals surface area contributed by atoms with Crippen LogP contribution in [0.2, 0.25) is 0 Å². The molecule has 2 saturated heterocycles. The Morgan fingerprint density at radius 2 is 2.09 bits per heavy atom. The molecular weight excluding hydrogens is 290 g/mol. The van der Waals surface area contributed by atoms with Gasteiger partial charge in [-0.05, 0) is 18.9 Å². The lowest BCUT2D eigenvalue weighted by molar-refractivity contribution is -0.151. The minimum Gasteiger partial charge on any atom is -0.466 e. The molecule has 0 radical (unpaired) electrons. The molecule has 2 aliphatic heterocycles. The van der Waals surface area contributed by atoms with E-state index in [2.05, 4.69) is 29.2 Å². The van der Waals surface area contributed by atoms with Gasteiger partial charge in [0, 0.05) is 31.7 Å². The molecule has 2 aliphatic rings. The summed E-state index contributed by atoms with van der Waals surface area (Å²) in [6.07, 6.45) is 0.960. The Bertz CT molecular complexity index is 483. The molecule has 4 nitrogen and oxygen atoms in total. The van der Waals surface area contributed by atoms with Crippen LogP contribution in [0.15, 0.2) is 30.3 Å². The summed E-state index contributed by atoms with van der Waals surface area (Å²) in [5.41, 5.74) is 1.25. The third-order valence-electron chi connectivity index (χ3n) is 4.67. The van der Waals surface area contributed by atoms with Gasteiger partial charge in [0.25, 0.3) is 0 Å². The lowest BCUT2D eigenvalue weighted by Gasteiger charge is -2.26. The van der Waals surface area contributed by atoms with E-state index in [1.807, 2.05) is 26.8 Å². The van der Waals surface area contributed by atoms with Gasteiger partial charge in [-0.3, -0.25) is 9.69 Å². The summed E-state index contributed by atoms with van der Waals surface area (Å²) in [5.74, 6) is -0.109. The van der Waals surface area contributed by atoms with Crippen LogP contribution in [0.3, 0.4) is 0 Å². The van der Waals surface area contributed by atoms with Crippen LogP contribution in [-0.4, -0.2) is 43.8 Å². The molecule has 0 aromatic heterocycles. The van der Waals surface area contributed by atoms with E-state index in [0.29, 0.717) is 13.2 Å². The topological polar surface area (TPSA) is 38.8 Å².